The molecule has 2 aromatic carbocycles. The molecule has 150 valence electrons. The quantitative estimate of drug-likeness (QED) is 0.574. The van der Waals surface area contributed by atoms with Crippen LogP contribution in [0.1, 0.15) is 26.6 Å². The molecule has 2 heterocycles. The average molecular weight is 436 g/mol. The van der Waals surface area contributed by atoms with E-state index >= 15 is 0 Å². The second-order valence-corrected chi connectivity index (χ2v) is 10.3. The molecule has 0 aliphatic carbocycles. The van der Waals surface area contributed by atoms with E-state index in [2.05, 4.69) is 11.1 Å². The van der Waals surface area contributed by atoms with Gasteiger partial charge in [0.2, 0.25) is 0 Å². The Morgan fingerprint density at radius 2 is 1.87 bits per heavy atom. The number of nitrogens with zero attached hydrogens (tertiary/aromatic N) is 3. The normalized spacial score (nSPS) is 14.8. The number of amides is 1. The Bertz CT molecular complexity index is 1360. The number of hydrogen-bond acceptors (Lipinski definition) is 6. The Morgan fingerprint density at radius 3 is 2.43 bits per heavy atom. The summed E-state index contributed by atoms with van der Waals surface area (Å²) < 4.78 is 23.6. The molecule has 0 spiro atoms. The number of aromatic nitrogens is 1. The van der Waals surface area contributed by atoms with E-state index in [4.69, 9.17) is 0 Å². The zero-order chi connectivity index (χ0) is 21.6. The average Bonchev–Trinajstić information content (AvgIpc) is 3.21. The number of benzene rings is 2. The van der Waals surface area contributed by atoms with Crippen molar-refractivity contribution in [3.63, 3.8) is 0 Å². The van der Waals surface area contributed by atoms with Crippen molar-refractivity contribution in [3.8, 4) is 6.07 Å². The Balaban J connectivity index is 1.89. The van der Waals surface area contributed by atoms with Gasteiger partial charge in [0, 0.05) is 28.6 Å². The van der Waals surface area contributed by atoms with Crippen LogP contribution >= 0.6 is 11.3 Å². The number of hydrogen-bond donors (Lipinski definition) is 0. The number of carbonyl (C=O) groups excluding carboxylic acids is 1. The molecule has 1 aliphatic rings. The van der Waals surface area contributed by atoms with Gasteiger partial charge in [-0.25, -0.2) is 13.4 Å². The standard InChI is InChI=1S/C22H17N3O3S2/c1-13-8-21-19(9-15(13)11-23)20(10-17-12-24-14(2)29-17)22(26)25(21)16-4-6-18(7-5-16)30(3,27)28/h4-10,12H,1-3H3. The van der Waals surface area contributed by atoms with E-state index in [-0.39, 0.29) is 10.8 Å². The summed E-state index contributed by atoms with van der Waals surface area (Å²) in [6.45, 7) is 3.71. The molecule has 0 N–H and O–H groups in total. The Labute approximate surface area is 178 Å². The van der Waals surface area contributed by atoms with Crippen molar-refractivity contribution in [2.45, 2.75) is 18.7 Å². The molecule has 6 nitrogen and oxygen atoms in total. The Morgan fingerprint density at radius 1 is 1.17 bits per heavy atom. The first-order chi connectivity index (χ1) is 14.2. The molecule has 0 saturated heterocycles. The van der Waals surface area contributed by atoms with E-state index in [9.17, 15) is 18.5 Å². The maximum Gasteiger partial charge on any atom is 0.263 e. The summed E-state index contributed by atoms with van der Waals surface area (Å²) >= 11 is 1.48. The van der Waals surface area contributed by atoms with Gasteiger partial charge < -0.3 is 0 Å². The Kier molecular flexibility index (Phi) is 4.80. The van der Waals surface area contributed by atoms with E-state index < -0.39 is 9.84 Å². The number of aryl methyl sites for hydroxylation is 2. The molecule has 3 aromatic rings. The molecular formula is C22H17N3O3S2. The Hall–Kier alpha value is -3.28. The van der Waals surface area contributed by atoms with E-state index in [0.717, 1.165) is 21.7 Å². The SMILES string of the molecule is Cc1ncc(C=C2C(=O)N(c3ccc(S(C)(=O)=O)cc3)c3cc(C)c(C#N)cc32)s1. The first-order valence-corrected chi connectivity index (χ1v) is 11.7. The molecular weight excluding hydrogens is 418 g/mol. The van der Waals surface area contributed by atoms with E-state index in [0.29, 0.717) is 28.1 Å². The van der Waals surface area contributed by atoms with Crippen LogP contribution in [0.2, 0.25) is 0 Å². The van der Waals surface area contributed by atoms with Gasteiger partial charge in [0.15, 0.2) is 9.84 Å². The molecule has 30 heavy (non-hydrogen) atoms. The zero-order valence-corrected chi connectivity index (χ0v) is 18.1. The lowest BCUT2D eigenvalue weighted by atomic mass is 10.0. The van der Waals surface area contributed by atoms with Crippen LogP contribution in [0.15, 0.2) is 47.5 Å². The largest absolute Gasteiger partial charge is 0.276 e. The summed E-state index contributed by atoms with van der Waals surface area (Å²) in [6.07, 6.45) is 4.64. The molecule has 4 rings (SSSR count). The van der Waals surface area contributed by atoms with Crippen molar-refractivity contribution in [1.82, 2.24) is 4.98 Å². The summed E-state index contributed by atoms with van der Waals surface area (Å²) in [4.78, 5) is 20.2. The van der Waals surface area contributed by atoms with Gasteiger partial charge in [-0.05, 0) is 61.9 Å². The fraction of sp³-hybridized carbons (Fsp3) is 0.136. The third kappa shape index (κ3) is 3.43. The maximum atomic E-state index is 13.4. The third-order valence-corrected chi connectivity index (χ3v) is 6.86. The first-order valence-electron chi connectivity index (χ1n) is 9.03. The van der Waals surface area contributed by atoms with Crippen LogP contribution in [0, 0.1) is 25.2 Å². The molecule has 1 aromatic heterocycles. The molecule has 1 aliphatic heterocycles. The minimum atomic E-state index is -3.34. The highest BCUT2D eigenvalue weighted by molar-refractivity contribution is 7.90. The summed E-state index contributed by atoms with van der Waals surface area (Å²) in [5, 5.41) is 10.3. The lowest BCUT2D eigenvalue weighted by molar-refractivity contribution is -0.112. The van der Waals surface area contributed by atoms with Gasteiger partial charge in [-0.3, -0.25) is 9.69 Å². The van der Waals surface area contributed by atoms with Crippen LogP contribution in [0.25, 0.3) is 11.6 Å². The second kappa shape index (κ2) is 7.20. The van der Waals surface area contributed by atoms with Crippen LogP contribution in [0.5, 0.6) is 0 Å². The molecule has 0 atom stereocenters. The van der Waals surface area contributed by atoms with Gasteiger partial charge >= 0.3 is 0 Å². The predicted molar refractivity (Wildman–Crippen MR) is 117 cm³/mol. The number of thiazole rings is 1. The number of fused-ring (bicyclic) bond motifs is 1. The van der Waals surface area contributed by atoms with Crippen molar-refractivity contribution < 1.29 is 13.2 Å². The number of nitriles is 1. The van der Waals surface area contributed by atoms with Crippen molar-refractivity contribution in [3.05, 3.63) is 69.2 Å². The van der Waals surface area contributed by atoms with Crippen LogP contribution in [0.4, 0.5) is 11.4 Å². The van der Waals surface area contributed by atoms with Crippen molar-refractivity contribution >= 4 is 50.1 Å². The summed E-state index contributed by atoms with van der Waals surface area (Å²) in [7, 11) is -3.34. The fourth-order valence-corrected chi connectivity index (χ4v) is 4.74. The highest BCUT2D eigenvalue weighted by atomic mass is 32.2. The van der Waals surface area contributed by atoms with Gasteiger partial charge in [0.25, 0.3) is 5.91 Å². The minimum Gasteiger partial charge on any atom is -0.276 e. The molecule has 0 unspecified atom stereocenters. The molecule has 8 heteroatoms. The number of rotatable bonds is 3. The van der Waals surface area contributed by atoms with E-state index in [1.807, 2.05) is 19.9 Å². The van der Waals surface area contributed by atoms with Crippen molar-refractivity contribution in [2.24, 2.45) is 0 Å². The van der Waals surface area contributed by atoms with Crippen LogP contribution in [-0.4, -0.2) is 25.6 Å². The molecule has 1 amide bonds. The molecule has 0 bridgehead atoms. The smallest absolute Gasteiger partial charge is 0.263 e. The highest BCUT2D eigenvalue weighted by Gasteiger charge is 2.34. The van der Waals surface area contributed by atoms with Crippen LogP contribution < -0.4 is 4.90 Å². The fourth-order valence-electron chi connectivity index (χ4n) is 3.38. The van der Waals surface area contributed by atoms with Gasteiger partial charge in [-0.15, -0.1) is 11.3 Å². The van der Waals surface area contributed by atoms with Crippen LogP contribution in [-0.2, 0) is 14.6 Å². The first kappa shape index (κ1) is 20.0. The van der Waals surface area contributed by atoms with Gasteiger partial charge in [-0.1, -0.05) is 0 Å². The van der Waals surface area contributed by atoms with Gasteiger partial charge in [-0.2, -0.15) is 5.26 Å². The highest BCUT2D eigenvalue weighted by Crippen LogP contribution is 2.44. The summed E-state index contributed by atoms with van der Waals surface area (Å²) in [5.74, 6) is -0.238. The maximum absolute atomic E-state index is 13.4. The van der Waals surface area contributed by atoms with Gasteiger partial charge in [0.05, 0.1) is 32.8 Å². The molecule has 0 radical (unpaired) electrons. The molecule has 0 fully saturated rings. The van der Waals surface area contributed by atoms with Crippen molar-refractivity contribution in [1.29, 1.82) is 5.26 Å². The lowest BCUT2D eigenvalue weighted by Crippen LogP contribution is -2.20. The monoisotopic (exact) mass is 435 g/mol. The van der Waals surface area contributed by atoms with E-state index in [1.165, 1.54) is 23.5 Å². The van der Waals surface area contributed by atoms with Crippen molar-refractivity contribution in [2.75, 3.05) is 11.2 Å². The topological polar surface area (TPSA) is 91.1 Å². The predicted octanol–water partition coefficient (Wildman–Crippen LogP) is 4.25. The summed E-state index contributed by atoms with van der Waals surface area (Å²) in [6, 6.07) is 11.9. The van der Waals surface area contributed by atoms with Crippen LogP contribution in [0.3, 0.4) is 0 Å². The van der Waals surface area contributed by atoms with E-state index in [1.54, 1.807) is 35.4 Å². The number of carbonyl (C=O) groups is 1. The lowest BCUT2D eigenvalue weighted by Gasteiger charge is -2.18. The minimum absolute atomic E-state index is 0.185. The third-order valence-electron chi connectivity index (χ3n) is 4.88. The zero-order valence-electron chi connectivity index (χ0n) is 16.5. The van der Waals surface area contributed by atoms with Gasteiger partial charge in [0.1, 0.15) is 0 Å². The number of sulfone groups is 1. The summed E-state index contributed by atoms with van der Waals surface area (Å²) in [5.41, 5.74) is 3.62. The number of anilines is 2. The second-order valence-electron chi connectivity index (χ2n) is 7.04. The molecule has 0 saturated carbocycles.